The van der Waals surface area contributed by atoms with Crippen LogP contribution in [0.5, 0.6) is 0 Å². The van der Waals surface area contributed by atoms with E-state index in [4.69, 9.17) is 5.73 Å². The summed E-state index contributed by atoms with van der Waals surface area (Å²) in [5.41, 5.74) is 6.97. The van der Waals surface area contributed by atoms with Crippen LogP contribution in [0.3, 0.4) is 0 Å². The van der Waals surface area contributed by atoms with Crippen molar-refractivity contribution in [2.24, 2.45) is 5.73 Å². The van der Waals surface area contributed by atoms with E-state index < -0.39 is 9.84 Å². The van der Waals surface area contributed by atoms with Crippen LogP contribution in [0.15, 0.2) is 29.2 Å². The molecule has 0 saturated carbocycles. The van der Waals surface area contributed by atoms with Crippen molar-refractivity contribution in [1.29, 1.82) is 0 Å². The van der Waals surface area contributed by atoms with Crippen molar-refractivity contribution in [3.8, 4) is 0 Å². The molecule has 1 aromatic carbocycles. The molecule has 1 saturated heterocycles. The van der Waals surface area contributed by atoms with Crippen LogP contribution >= 0.6 is 0 Å². The van der Waals surface area contributed by atoms with Crippen LogP contribution in [0, 0.1) is 0 Å². The molecule has 2 unspecified atom stereocenters. The second kappa shape index (κ2) is 4.97. The molecule has 0 bridgehead atoms. The highest BCUT2D eigenvalue weighted by molar-refractivity contribution is 7.90. The Morgan fingerprint density at radius 3 is 2.44 bits per heavy atom. The van der Waals surface area contributed by atoms with Crippen molar-refractivity contribution in [2.75, 3.05) is 26.4 Å². The first-order valence-electron chi connectivity index (χ1n) is 5.87. The summed E-state index contributed by atoms with van der Waals surface area (Å²) in [7, 11) is -1.13. The largest absolute Gasteiger partial charge is 0.315 e. The summed E-state index contributed by atoms with van der Waals surface area (Å²) >= 11 is 0. The van der Waals surface area contributed by atoms with Crippen LogP contribution in [0.2, 0.25) is 0 Å². The lowest BCUT2D eigenvalue weighted by Crippen LogP contribution is -2.55. The number of sulfone groups is 1. The predicted molar refractivity (Wildman–Crippen MR) is 70.9 cm³/mol. The summed E-state index contributed by atoms with van der Waals surface area (Å²) in [6.07, 6.45) is 1.25. The molecule has 5 nitrogen and oxygen atoms in total. The van der Waals surface area contributed by atoms with Gasteiger partial charge in [0.2, 0.25) is 0 Å². The van der Waals surface area contributed by atoms with Crippen molar-refractivity contribution >= 4 is 9.84 Å². The lowest BCUT2D eigenvalue weighted by atomic mass is 10.0. The van der Waals surface area contributed by atoms with E-state index in [0.717, 1.165) is 18.7 Å². The van der Waals surface area contributed by atoms with Gasteiger partial charge in [0.25, 0.3) is 0 Å². The Balaban J connectivity index is 2.16. The molecule has 1 heterocycles. The Labute approximate surface area is 108 Å². The van der Waals surface area contributed by atoms with Gasteiger partial charge in [-0.3, -0.25) is 4.90 Å². The number of piperazine rings is 1. The molecule has 1 aliphatic rings. The third kappa shape index (κ3) is 2.89. The molecule has 0 amide bonds. The molecular formula is C12H19N3O2S. The topological polar surface area (TPSA) is 75.4 Å². The minimum atomic E-state index is -3.12. The van der Waals surface area contributed by atoms with Gasteiger partial charge in [-0.1, -0.05) is 12.1 Å². The smallest absolute Gasteiger partial charge is 0.175 e. The predicted octanol–water partition coefficient (Wildman–Crippen LogP) is -0.0490. The third-order valence-corrected chi connectivity index (χ3v) is 4.45. The second-order valence-corrected chi connectivity index (χ2v) is 6.82. The average molecular weight is 269 g/mol. The molecule has 3 N–H and O–H groups in total. The maximum absolute atomic E-state index is 11.4. The van der Waals surface area contributed by atoms with Crippen molar-refractivity contribution in [1.82, 2.24) is 10.2 Å². The Morgan fingerprint density at radius 2 is 1.94 bits per heavy atom. The van der Waals surface area contributed by atoms with Crippen molar-refractivity contribution in [2.45, 2.75) is 17.1 Å². The number of likely N-dealkylation sites (N-methyl/N-ethyl adjacent to an activating group) is 1. The van der Waals surface area contributed by atoms with Crippen LogP contribution in [0.25, 0.3) is 0 Å². The second-order valence-electron chi connectivity index (χ2n) is 4.81. The number of rotatable bonds is 2. The highest BCUT2D eigenvalue weighted by Crippen LogP contribution is 2.19. The Bertz CT molecular complexity index is 513. The van der Waals surface area contributed by atoms with Gasteiger partial charge in [0.15, 0.2) is 9.84 Å². The number of nitrogens with two attached hydrogens (primary N) is 1. The number of hydrogen-bond acceptors (Lipinski definition) is 5. The van der Waals surface area contributed by atoms with Gasteiger partial charge in [-0.2, -0.15) is 0 Å². The fourth-order valence-electron chi connectivity index (χ4n) is 2.08. The summed E-state index contributed by atoms with van der Waals surface area (Å²) in [4.78, 5) is 2.44. The molecule has 1 aliphatic heterocycles. The van der Waals surface area contributed by atoms with Gasteiger partial charge in [-0.25, -0.2) is 8.42 Å². The van der Waals surface area contributed by atoms with Crippen molar-refractivity contribution in [3.05, 3.63) is 29.8 Å². The molecule has 100 valence electrons. The summed E-state index contributed by atoms with van der Waals surface area (Å²) in [6.45, 7) is 1.55. The minimum Gasteiger partial charge on any atom is -0.315 e. The normalized spacial score (nSPS) is 26.2. The molecule has 18 heavy (non-hydrogen) atoms. The monoisotopic (exact) mass is 269 g/mol. The lowest BCUT2D eigenvalue weighted by Gasteiger charge is -2.36. The molecule has 1 aromatic rings. The highest BCUT2D eigenvalue weighted by Gasteiger charge is 2.23. The van der Waals surface area contributed by atoms with Crippen LogP contribution in [-0.2, 0) is 9.84 Å². The molecule has 6 heteroatoms. The maximum Gasteiger partial charge on any atom is 0.175 e. The molecule has 0 spiro atoms. The zero-order valence-electron chi connectivity index (χ0n) is 10.6. The van der Waals surface area contributed by atoms with Gasteiger partial charge in [0.05, 0.1) is 11.1 Å². The molecule has 0 aromatic heterocycles. The zero-order chi connectivity index (χ0) is 13.3. The average Bonchev–Trinajstić information content (AvgIpc) is 2.32. The number of nitrogens with zero attached hydrogens (tertiary/aromatic N) is 1. The van der Waals surface area contributed by atoms with E-state index in [1.54, 1.807) is 12.1 Å². The quantitative estimate of drug-likeness (QED) is 0.787. The summed E-state index contributed by atoms with van der Waals surface area (Å²) in [5.74, 6) is 0. The number of benzene rings is 1. The van der Waals surface area contributed by atoms with E-state index in [1.165, 1.54) is 6.26 Å². The minimum absolute atomic E-state index is 0.0385. The van der Waals surface area contributed by atoms with E-state index in [-0.39, 0.29) is 12.2 Å². The standard InChI is InChI=1S/C12H19N3O2S/c1-15-8-11(14-7-12(15)13)9-3-5-10(6-4-9)18(2,16)17/h3-6,11-12,14H,7-8,13H2,1-2H3. The summed E-state index contributed by atoms with van der Waals surface area (Å²) in [5, 5.41) is 3.36. The van der Waals surface area contributed by atoms with Crippen molar-refractivity contribution in [3.63, 3.8) is 0 Å². The number of nitrogens with one attached hydrogen (secondary N) is 1. The Hall–Kier alpha value is -0.950. The van der Waals surface area contributed by atoms with Gasteiger partial charge >= 0.3 is 0 Å². The first-order valence-corrected chi connectivity index (χ1v) is 7.76. The van der Waals surface area contributed by atoms with Crippen molar-refractivity contribution < 1.29 is 8.42 Å². The van der Waals surface area contributed by atoms with E-state index in [2.05, 4.69) is 10.2 Å². The fraction of sp³-hybridized carbons (Fsp3) is 0.500. The Kier molecular flexibility index (Phi) is 3.72. The van der Waals surface area contributed by atoms with Gasteiger partial charge in [0.1, 0.15) is 0 Å². The summed E-state index contributed by atoms with van der Waals surface area (Å²) in [6, 6.07) is 7.22. The molecule has 1 fully saturated rings. The third-order valence-electron chi connectivity index (χ3n) is 3.32. The van der Waals surface area contributed by atoms with E-state index in [0.29, 0.717) is 4.90 Å². The maximum atomic E-state index is 11.4. The van der Waals surface area contributed by atoms with Crippen LogP contribution in [0.4, 0.5) is 0 Å². The van der Waals surface area contributed by atoms with E-state index >= 15 is 0 Å². The SMILES string of the molecule is CN1CC(c2ccc(S(C)(=O)=O)cc2)NCC1N. The van der Waals surface area contributed by atoms with Crippen LogP contribution in [0.1, 0.15) is 11.6 Å². The molecular weight excluding hydrogens is 250 g/mol. The van der Waals surface area contributed by atoms with Crippen LogP contribution < -0.4 is 11.1 Å². The molecule has 0 radical (unpaired) electrons. The molecule has 2 atom stereocenters. The summed E-state index contributed by atoms with van der Waals surface area (Å²) < 4.78 is 22.8. The Morgan fingerprint density at radius 1 is 1.33 bits per heavy atom. The highest BCUT2D eigenvalue weighted by atomic mass is 32.2. The number of hydrogen-bond donors (Lipinski definition) is 2. The molecule has 0 aliphatic carbocycles. The fourth-order valence-corrected chi connectivity index (χ4v) is 2.71. The van der Waals surface area contributed by atoms with Gasteiger partial charge in [-0.05, 0) is 24.7 Å². The van der Waals surface area contributed by atoms with E-state index in [9.17, 15) is 8.42 Å². The van der Waals surface area contributed by atoms with E-state index in [1.807, 2.05) is 19.2 Å². The van der Waals surface area contributed by atoms with Crippen LogP contribution in [-0.4, -0.2) is 45.9 Å². The molecule has 2 rings (SSSR count). The van der Waals surface area contributed by atoms with Gasteiger partial charge in [-0.15, -0.1) is 0 Å². The first kappa shape index (κ1) is 13.5. The first-order chi connectivity index (χ1) is 8.38. The zero-order valence-corrected chi connectivity index (χ0v) is 11.4. The lowest BCUT2D eigenvalue weighted by molar-refractivity contribution is 0.168. The van der Waals surface area contributed by atoms with Gasteiger partial charge < -0.3 is 11.1 Å². The van der Waals surface area contributed by atoms with Gasteiger partial charge in [0, 0.05) is 25.4 Å².